The molecule has 10 amide bonds. The van der Waals surface area contributed by atoms with Crippen LogP contribution in [0, 0.1) is 41.4 Å². The number of aliphatic hydroxyl groups excluding tert-OH is 1. The largest absolute Gasteiger partial charge is 0.480 e. The summed E-state index contributed by atoms with van der Waals surface area (Å²) < 4.78 is 0. The summed E-state index contributed by atoms with van der Waals surface area (Å²) in [6.07, 6.45) is 3.15. The van der Waals surface area contributed by atoms with Crippen molar-refractivity contribution in [1.82, 2.24) is 50.2 Å². The van der Waals surface area contributed by atoms with Crippen LogP contribution in [-0.2, 0) is 52.7 Å². The van der Waals surface area contributed by atoms with Gasteiger partial charge in [-0.3, -0.25) is 47.9 Å². The fraction of sp³-hybridized carbons (Fsp3) is 0.790. The molecular weight excluding hydrogens is 1110 g/mol. The summed E-state index contributed by atoms with van der Waals surface area (Å²) in [7, 11) is 9.83. The molecule has 0 aliphatic heterocycles. The number of amides is 10. The maximum absolute atomic E-state index is 15.1. The van der Waals surface area contributed by atoms with Crippen molar-refractivity contribution in [3.63, 3.8) is 0 Å². The summed E-state index contributed by atoms with van der Waals surface area (Å²) in [4.78, 5) is 162. The van der Waals surface area contributed by atoms with E-state index in [0.717, 1.165) is 14.7 Å². The van der Waals surface area contributed by atoms with Gasteiger partial charge in [-0.25, -0.2) is 4.79 Å². The lowest BCUT2D eigenvalue weighted by Gasteiger charge is -2.41. The Morgan fingerprint density at radius 2 is 0.884 bits per heavy atom. The van der Waals surface area contributed by atoms with E-state index in [4.69, 9.17) is 5.73 Å². The first-order valence-corrected chi connectivity index (χ1v) is 30.6. The predicted octanol–water partition coefficient (Wildman–Crippen LogP) is 3.18. The summed E-state index contributed by atoms with van der Waals surface area (Å²) in [6.45, 7) is 29.4. The number of rotatable bonds is 36. The van der Waals surface area contributed by atoms with Crippen LogP contribution in [0.2, 0.25) is 0 Å². The first-order chi connectivity index (χ1) is 39.5. The van der Waals surface area contributed by atoms with E-state index in [1.807, 2.05) is 55.4 Å². The zero-order valence-electron chi connectivity index (χ0n) is 56.6. The fourth-order valence-electron chi connectivity index (χ4n) is 10.2. The normalized spacial score (nSPS) is 16.0. The van der Waals surface area contributed by atoms with Gasteiger partial charge >= 0.3 is 5.97 Å². The van der Waals surface area contributed by atoms with E-state index in [2.05, 4.69) is 16.0 Å². The Morgan fingerprint density at radius 3 is 1.31 bits per heavy atom. The van der Waals surface area contributed by atoms with Crippen molar-refractivity contribution in [2.75, 3.05) is 55.9 Å². The molecule has 0 unspecified atom stereocenters. The SMILES string of the molecule is C/C=C/C[C@@H](C)[C@@H](O)[C@@H](C(=O)N[C@@H](CC)C(=O)N(C)CC(=O)N(C)[C@@H](CC(C)C)C(=O)O)N(C)C(=O)[C@H](C(C)C)N(C)C(=O)[C@H](CC(C)C)N(C)C(=O)[C@H](CC(C)C)N(C)C(=O)[C@@H](C)NC(=O)[C@H](C)NC(=O)[C@H](CC(C)C)N(C)C(=O)[C@@H](N)C(C)C. The van der Waals surface area contributed by atoms with Crippen LogP contribution in [0.15, 0.2) is 12.2 Å². The lowest BCUT2D eigenvalue weighted by molar-refractivity contribution is -0.157. The van der Waals surface area contributed by atoms with Gasteiger partial charge < -0.3 is 66.2 Å². The van der Waals surface area contributed by atoms with Crippen molar-refractivity contribution in [3.8, 4) is 0 Å². The first-order valence-electron chi connectivity index (χ1n) is 30.6. The molecular formula is C62H113N11O13. The highest BCUT2D eigenvalue weighted by atomic mass is 16.4. The highest BCUT2D eigenvalue weighted by Crippen LogP contribution is 2.25. The van der Waals surface area contributed by atoms with Gasteiger partial charge in [0.25, 0.3) is 0 Å². The number of allylic oxidation sites excluding steroid dienone is 2. The Kier molecular flexibility index (Phi) is 34.2. The zero-order valence-corrected chi connectivity index (χ0v) is 56.6. The van der Waals surface area contributed by atoms with Gasteiger partial charge in [-0.1, -0.05) is 109 Å². The number of hydrogen-bond acceptors (Lipinski definition) is 13. The second kappa shape index (κ2) is 36.9. The molecule has 86 heavy (non-hydrogen) atoms. The molecule has 24 nitrogen and oxygen atoms in total. The van der Waals surface area contributed by atoms with E-state index in [-0.39, 0.29) is 55.3 Å². The van der Waals surface area contributed by atoms with Crippen LogP contribution in [-0.4, -0.2) is 232 Å². The van der Waals surface area contributed by atoms with Crippen molar-refractivity contribution in [2.45, 2.75) is 223 Å². The molecule has 24 heteroatoms. The number of carbonyl (C=O) groups is 11. The van der Waals surface area contributed by atoms with Gasteiger partial charge in [0, 0.05) is 49.3 Å². The number of carboxylic acid groups (broad SMARTS) is 1. The van der Waals surface area contributed by atoms with Gasteiger partial charge in [0.15, 0.2) is 0 Å². The molecule has 0 heterocycles. The van der Waals surface area contributed by atoms with Crippen molar-refractivity contribution >= 4 is 65.0 Å². The number of carbonyl (C=O) groups excluding carboxylic acids is 10. The van der Waals surface area contributed by atoms with Gasteiger partial charge in [-0.2, -0.15) is 0 Å². The fourth-order valence-corrected chi connectivity index (χ4v) is 10.2. The minimum Gasteiger partial charge on any atom is -0.480 e. The van der Waals surface area contributed by atoms with Crippen molar-refractivity contribution in [2.24, 2.45) is 47.2 Å². The molecule has 494 valence electrons. The molecule has 0 aliphatic carbocycles. The summed E-state index contributed by atoms with van der Waals surface area (Å²) >= 11 is 0. The minimum absolute atomic E-state index is 0.000212. The molecule has 0 aromatic rings. The molecule has 0 bridgehead atoms. The van der Waals surface area contributed by atoms with Gasteiger partial charge in [0.1, 0.15) is 54.4 Å². The summed E-state index contributed by atoms with van der Waals surface area (Å²) in [5, 5.41) is 29.9. The van der Waals surface area contributed by atoms with E-state index in [0.29, 0.717) is 12.8 Å². The molecule has 0 fully saturated rings. The Morgan fingerprint density at radius 1 is 0.465 bits per heavy atom. The molecule has 0 radical (unpaired) electrons. The standard InChI is InChI=1S/C62H113N11O13/c1-25-27-28-40(15)52(75)51(55(78)66-43(26-2)57(80)67(18)33-48(74)68(19)47(62(85)86)32-37(9)10)73(24)61(84)50(39(13)14)72(23)59(82)46(31-36(7)8)71(22)58(81)45(30-35(5)6)70(21)56(79)42(17)65-53(76)41(16)64-54(77)44(29-34(3)4)69(20)60(83)49(63)38(11)12/h25,27,34-47,49-52,75H,26,28-33,63H2,1-24H3,(H,64,77)(H,65,76)(H,66,78)(H,85,86)/b27-25+/t40-,41+,42-,43+,44+,45+,46+,47+,49+,50+,51+,52-/m1/s1. The molecule has 7 N–H and O–H groups in total. The molecule has 12 atom stereocenters. The molecule has 0 aliphatic rings. The smallest absolute Gasteiger partial charge is 0.326 e. The van der Waals surface area contributed by atoms with Gasteiger partial charge in [-0.05, 0) is 101 Å². The van der Waals surface area contributed by atoms with Crippen molar-refractivity contribution in [3.05, 3.63) is 12.2 Å². The van der Waals surface area contributed by atoms with Crippen LogP contribution >= 0.6 is 0 Å². The van der Waals surface area contributed by atoms with Crippen LogP contribution in [0.5, 0.6) is 0 Å². The summed E-state index contributed by atoms with van der Waals surface area (Å²) in [6, 6.07) is -11.7. The van der Waals surface area contributed by atoms with Crippen LogP contribution in [0.1, 0.15) is 156 Å². The highest BCUT2D eigenvalue weighted by molar-refractivity contribution is 5.98. The Bertz CT molecular complexity index is 2310. The molecule has 0 aromatic heterocycles. The first kappa shape index (κ1) is 79.8. The van der Waals surface area contributed by atoms with Crippen molar-refractivity contribution < 1.29 is 63.0 Å². The van der Waals surface area contributed by atoms with E-state index >= 15 is 9.59 Å². The molecule has 0 aromatic carbocycles. The molecule has 0 saturated carbocycles. The van der Waals surface area contributed by atoms with E-state index in [9.17, 15) is 53.4 Å². The lowest BCUT2D eigenvalue weighted by atomic mass is 9.91. The number of nitrogens with one attached hydrogen (secondary N) is 3. The average Bonchev–Trinajstić information content (AvgIpc) is 1.70. The number of nitrogens with two attached hydrogens (primary N) is 1. The number of hydrogen-bond donors (Lipinski definition) is 6. The Hall–Kier alpha value is -6.17. The van der Waals surface area contributed by atoms with Crippen LogP contribution in [0.4, 0.5) is 0 Å². The average molecular weight is 1220 g/mol. The van der Waals surface area contributed by atoms with E-state index < -0.39 is 150 Å². The number of likely N-dealkylation sites (N-methyl/N-ethyl adjacent to an activating group) is 7. The maximum atomic E-state index is 15.1. The van der Waals surface area contributed by atoms with E-state index in [1.165, 1.54) is 82.8 Å². The monoisotopic (exact) mass is 1220 g/mol. The number of aliphatic hydroxyl groups is 1. The van der Waals surface area contributed by atoms with Crippen molar-refractivity contribution in [1.29, 1.82) is 0 Å². The third kappa shape index (κ3) is 23.5. The molecule has 0 spiro atoms. The second-order valence-electron chi connectivity index (χ2n) is 26.0. The predicted molar refractivity (Wildman–Crippen MR) is 332 cm³/mol. The Balaban J connectivity index is 7.06. The number of nitrogens with zero attached hydrogens (tertiary/aromatic N) is 7. The summed E-state index contributed by atoms with van der Waals surface area (Å²) in [5.74, 6) is -9.47. The zero-order chi connectivity index (χ0) is 67.3. The van der Waals surface area contributed by atoms with Crippen LogP contribution in [0.3, 0.4) is 0 Å². The lowest BCUT2D eigenvalue weighted by Crippen LogP contribution is -2.63. The van der Waals surface area contributed by atoms with Gasteiger partial charge in [0.2, 0.25) is 59.1 Å². The third-order valence-electron chi connectivity index (χ3n) is 15.8. The second-order valence-corrected chi connectivity index (χ2v) is 26.0. The minimum atomic E-state index is -1.62. The Labute approximate surface area is 514 Å². The number of aliphatic carboxylic acids is 1. The highest BCUT2D eigenvalue weighted by Gasteiger charge is 2.45. The number of carboxylic acids is 1. The quantitative estimate of drug-likeness (QED) is 0.0491. The van der Waals surface area contributed by atoms with Crippen LogP contribution in [0.25, 0.3) is 0 Å². The van der Waals surface area contributed by atoms with Gasteiger partial charge in [-0.15, -0.1) is 0 Å². The van der Waals surface area contributed by atoms with Gasteiger partial charge in [0.05, 0.1) is 18.7 Å². The third-order valence-corrected chi connectivity index (χ3v) is 15.8. The molecule has 0 rings (SSSR count). The molecule has 0 saturated heterocycles. The van der Waals surface area contributed by atoms with E-state index in [1.54, 1.807) is 60.6 Å². The van der Waals surface area contributed by atoms with Crippen LogP contribution < -0.4 is 21.7 Å². The summed E-state index contributed by atoms with van der Waals surface area (Å²) in [5.41, 5.74) is 6.14. The maximum Gasteiger partial charge on any atom is 0.326 e. The topological polar surface area (TPSA) is 313 Å².